The van der Waals surface area contributed by atoms with E-state index < -0.39 is 0 Å². The molecule has 0 saturated carbocycles. The summed E-state index contributed by atoms with van der Waals surface area (Å²) in [6.45, 7) is 12.1. The number of nitrogens with zero attached hydrogens (tertiary/aromatic N) is 4. The average molecular weight is 311 g/mol. The van der Waals surface area contributed by atoms with Crippen LogP contribution in [-0.2, 0) is 0 Å². The van der Waals surface area contributed by atoms with Crippen molar-refractivity contribution in [2.24, 2.45) is 0 Å². The second kappa shape index (κ2) is 8.08. The molecule has 1 aliphatic heterocycles. The maximum Gasteiger partial charge on any atom is 0.185 e. The molecule has 1 atom stereocenters. The molecule has 0 spiro atoms. The summed E-state index contributed by atoms with van der Waals surface area (Å²) in [7, 11) is 4.28. The Bertz CT molecular complexity index is 412. The summed E-state index contributed by atoms with van der Waals surface area (Å²) in [5.41, 5.74) is 0. The fraction of sp³-hybridized carbons (Fsp3) is 0.800. The number of nitrogens with one attached hydrogen (secondary N) is 1. The van der Waals surface area contributed by atoms with Gasteiger partial charge in [-0.25, -0.2) is 4.98 Å². The van der Waals surface area contributed by atoms with E-state index in [1.165, 1.54) is 16.6 Å². The Morgan fingerprint density at radius 2 is 2.05 bits per heavy atom. The number of piperazine rings is 1. The van der Waals surface area contributed by atoms with Gasteiger partial charge in [-0.15, -0.1) is 11.3 Å². The molecule has 0 radical (unpaired) electrons. The van der Waals surface area contributed by atoms with Gasteiger partial charge in [0, 0.05) is 56.4 Å². The molecule has 1 aromatic rings. The summed E-state index contributed by atoms with van der Waals surface area (Å²) in [6.07, 6.45) is 2.03. The van der Waals surface area contributed by atoms with Crippen molar-refractivity contribution in [1.82, 2.24) is 20.1 Å². The number of hydrogen-bond donors (Lipinski definition) is 1. The van der Waals surface area contributed by atoms with Crippen LogP contribution in [0, 0.1) is 0 Å². The smallest absolute Gasteiger partial charge is 0.185 e. The van der Waals surface area contributed by atoms with Gasteiger partial charge < -0.3 is 15.1 Å². The molecule has 2 heterocycles. The Kier molecular flexibility index (Phi) is 6.41. The van der Waals surface area contributed by atoms with Gasteiger partial charge >= 0.3 is 0 Å². The predicted molar refractivity (Wildman–Crippen MR) is 91.4 cm³/mol. The van der Waals surface area contributed by atoms with Crippen LogP contribution in [-0.4, -0.2) is 74.7 Å². The molecule has 0 aromatic carbocycles. The molecule has 6 heteroatoms. The highest BCUT2D eigenvalue weighted by Gasteiger charge is 2.20. The van der Waals surface area contributed by atoms with E-state index in [4.69, 9.17) is 0 Å². The van der Waals surface area contributed by atoms with Gasteiger partial charge in [-0.05, 0) is 27.6 Å². The minimum Gasteiger partial charge on any atom is -0.346 e. The van der Waals surface area contributed by atoms with E-state index in [1.54, 1.807) is 0 Å². The SMILES string of the molecule is CCNC(C)c1cnc(N2CCN(CCN(C)C)CC2)s1. The quantitative estimate of drug-likeness (QED) is 0.825. The Balaban J connectivity index is 1.82. The van der Waals surface area contributed by atoms with E-state index in [0.29, 0.717) is 6.04 Å². The van der Waals surface area contributed by atoms with Gasteiger partial charge in [-0.1, -0.05) is 6.92 Å². The zero-order valence-electron chi connectivity index (χ0n) is 13.8. The van der Waals surface area contributed by atoms with Gasteiger partial charge in [0.15, 0.2) is 5.13 Å². The van der Waals surface area contributed by atoms with Crippen molar-refractivity contribution in [2.45, 2.75) is 19.9 Å². The number of rotatable bonds is 7. The number of thiazole rings is 1. The largest absolute Gasteiger partial charge is 0.346 e. The van der Waals surface area contributed by atoms with Crippen molar-refractivity contribution in [2.75, 3.05) is 64.8 Å². The second-order valence-corrected chi connectivity index (χ2v) is 7.00. The molecule has 1 fully saturated rings. The second-order valence-electron chi connectivity index (χ2n) is 5.96. The number of hydrogen-bond acceptors (Lipinski definition) is 6. The molecular formula is C15H29N5S. The molecule has 0 aliphatic carbocycles. The van der Waals surface area contributed by atoms with Gasteiger partial charge in [-0.2, -0.15) is 0 Å². The lowest BCUT2D eigenvalue weighted by atomic mass is 10.3. The van der Waals surface area contributed by atoms with Crippen molar-refractivity contribution >= 4 is 16.5 Å². The lowest BCUT2D eigenvalue weighted by Crippen LogP contribution is -2.48. The minimum atomic E-state index is 0.405. The van der Waals surface area contributed by atoms with Crippen molar-refractivity contribution in [1.29, 1.82) is 0 Å². The van der Waals surface area contributed by atoms with Crippen LogP contribution in [0.1, 0.15) is 24.8 Å². The van der Waals surface area contributed by atoms with E-state index in [0.717, 1.165) is 39.3 Å². The van der Waals surface area contributed by atoms with Crippen LogP contribution in [0.2, 0.25) is 0 Å². The third kappa shape index (κ3) is 4.92. The summed E-state index contributed by atoms with van der Waals surface area (Å²) < 4.78 is 0. The first kappa shape index (κ1) is 16.7. The molecule has 1 aromatic heterocycles. The maximum atomic E-state index is 4.62. The van der Waals surface area contributed by atoms with E-state index in [1.807, 2.05) is 17.5 Å². The third-order valence-corrected chi connectivity index (χ3v) is 5.20. The molecule has 5 nitrogen and oxygen atoms in total. The average Bonchev–Trinajstić information content (AvgIpc) is 2.96. The van der Waals surface area contributed by atoms with Gasteiger partial charge in [0.1, 0.15) is 0 Å². The Morgan fingerprint density at radius 1 is 1.33 bits per heavy atom. The summed E-state index contributed by atoms with van der Waals surface area (Å²) in [6, 6.07) is 0.405. The molecule has 0 bridgehead atoms. The van der Waals surface area contributed by atoms with Crippen LogP contribution >= 0.6 is 11.3 Å². The van der Waals surface area contributed by atoms with Crippen LogP contribution in [0.4, 0.5) is 5.13 Å². The number of aromatic nitrogens is 1. The molecular weight excluding hydrogens is 282 g/mol. The van der Waals surface area contributed by atoms with Crippen molar-refractivity contribution in [3.63, 3.8) is 0 Å². The van der Waals surface area contributed by atoms with Crippen LogP contribution in [0.25, 0.3) is 0 Å². The molecule has 2 rings (SSSR count). The fourth-order valence-electron chi connectivity index (χ4n) is 2.53. The van der Waals surface area contributed by atoms with Gasteiger partial charge in [-0.3, -0.25) is 4.90 Å². The lowest BCUT2D eigenvalue weighted by Gasteiger charge is -2.35. The highest BCUT2D eigenvalue weighted by Crippen LogP contribution is 2.27. The molecule has 1 aliphatic rings. The van der Waals surface area contributed by atoms with E-state index in [-0.39, 0.29) is 0 Å². The number of likely N-dealkylation sites (N-methyl/N-ethyl adjacent to an activating group) is 1. The van der Waals surface area contributed by atoms with Crippen molar-refractivity contribution in [3.05, 3.63) is 11.1 Å². The molecule has 0 amide bonds. The van der Waals surface area contributed by atoms with Crippen molar-refractivity contribution in [3.8, 4) is 0 Å². The first-order chi connectivity index (χ1) is 10.1. The van der Waals surface area contributed by atoms with Crippen LogP contribution in [0.3, 0.4) is 0 Å². The van der Waals surface area contributed by atoms with Crippen LogP contribution < -0.4 is 10.2 Å². The normalized spacial score (nSPS) is 18.4. The third-order valence-electron chi connectivity index (χ3n) is 3.95. The van der Waals surface area contributed by atoms with Gasteiger partial charge in [0.25, 0.3) is 0 Å². The molecule has 1 N–H and O–H groups in total. The van der Waals surface area contributed by atoms with Gasteiger partial charge in [0.2, 0.25) is 0 Å². The fourth-order valence-corrected chi connectivity index (χ4v) is 3.53. The first-order valence-corrected chi connectivity index (χ1v) is 8.73. The highest BCUT2D eigenvalue weighted by atomic mass is 32.1. The zero-order chi connectivity index (χ0) is 15.2. The molecule has 1 unspecified atom stereocenters. The topological polar surface area (TPSA) is 34.6 Å². The van der Waals surface area contributed by atoms with E-state index in [9.17, 15) is 0 Å². The Morgan fingerprint density at radius 3 is 2.67 bits per heavy atom. The predicted octanol–water partition coefficient (Wildman–Crippen LogP) is 1.50. The zero-order valence-corrected chi connectivity index (χ0v) is 14.6. The Labute approximate surface area is 132 Å². The standard InChI is InChI=1S/C15H29N5S/c1-5-16-13(2)14-12-17-15(21-14)20-10-8-19(9-11-20)7-6-18(3)4/h12-13,16H,5-11H2,1-4H3. The molecule has 120 valence electrons. The number of anilines is 1. The summed E-state index contributed by atoms with van der Waals surface area (Å²) in [5.74, 6) is 0. The van der Waals surface area contributed by atoms with Crippen LogP contribution in [0.15, 0.2) is 6.20 Å². The lowest BCUT2D eigenvalue weighted by molar-refractivity contribution is 0.229. The van der Waals surface area contributed by atoms with Crippen LogP contribution in [0.5, 0.6) is 0 Å². The summed E-state index contributed by atoms with van der Waals surface area (Å²) in [5, 5.41) is 4.63. The maximum absolute atomic E-state index is 4.62. The molecule has 21 heavy (non-hydrogen) atoms. The summed E-state index contributed by atoms with van der Waals surface area (Å²) >= 11 is 1.83. The monoisotopic (exact) mass is 311 g/mol. The van der Waals surface area contributed by atoms with Gasteiger partial charge in [0.05, 0.1) is 0 Å². The minimum absolute atomic E-state index is 0.405. The first-order valence-electron chi connectivity index (χ1n) is 7.91. The Hall–Kier alpha value is -0.690. The summed E-state index contributed by atoms with van der Waals surface area (Å²) in [4.78, 5) is 13.2. The van der Waals surface area contributed by atoms with E-state index >= 15 is 0 Å². The molecule has 1 saturated heterocycles. The highest BCUT2D eigenvalue weighted by molar-refractivity contribution is 7.15. The van der Waals surface area contributed by atoms with Crippen molar-refractivity contribution < 1.29 is 0 Å². The van der Waals surface area contributed by atoms with E-state index in [2.05, 4.69) is 52.9 Å².